The van der Waals surface area contributed by atoms with Crippen molar-refractivity contribution in [1.82, 2.24) is 29.9 Å². The first kappa shape index (κ1) is 86.0. The Labute approximate surface area is 745 Å². The Bertz CT molecular complexity index is 5920. The SMILES string of the molecule is C[Si](C)(C)c1ccc2c(c1)sc1c(-c3ccc(C4CC4)cn3)[c-]ccc12.C[Si](C)(C)c1ccc2sc3c(-c4ccc(C5CC5)cn4)[c-]ccc3c2c1.C[Si](C)(C)c1cccc2c1sc1c(-c3ccc(C4CC4)cn3)[c-]ccc12.[Ir].[Ir].[Ir].[c-]1ccccc1-c1ccccn1.[c-]1ccccc1-c1ccccn1.[c-]1ccccc1-c1ccccn1. The van der Waals surface area contributed by atoms with Crippen molar-refractivity contribution in [2.45, 2.75) is 115 Å². The Kier molecular flexibility index (Phi) is 28.3. The van der Waals surface area contributed by atoms with E-state index >= 15 is 0 Å². The van der Waals surface area contributed by atoms with E-state index in [0.29, 0.717) is 0 Å². The van der Waals surface area contributed by atoms with Crippen LogP contribution in [0.4, 0.5) is 0 Å². The molecule has 9 heterocycles. The van der Waals surface area contributed by atoms with E-state index < -0.39 is 24.2 Å². The third kappa shape index (κ3) is 20.9. The molecule has 3 fully saturated rings. The first-order valence-corrected chi connectivity index (χ1v) is 52.5. The van der Waals surface area contributed by atoms with Crippen molar-refractivity contribution in [2.24, 2.45) is 0 Å². The molecule has 0 aliphatic heterocycles. The number of aromatic nitrogens is 6. The van der Waals surface area contributed by atoms with Crippen LogP contribution >= 0.6 is 34.0 Å². The number of pyridine rings is 6. The molecule has 9 aromatic carbocycles. The van der Waals surface area contributed by atoms with Gasteiger partial charge in [0.2, 0.25) is 0 Å². The van der Waals surface area contributed by atoms with Gasteiger partial charge < -0.3 is 29.9 Å². The molecular weight excluding hydrogens is 2070 g/mol. The first-order valence-electron chi connectivity index (χ1n) is 39.6. The van der Waals surface area contributed by atoms with Crippen molar-refractivity contribution in [3.63, 3.8) is 0 Å². The predicted octanol–water partition coefficient (Wildman–Crippen LogP) is 26.7. The summed E-state index contributed by atoms with van der Waals surface area (Å²) in [5, 5.41) is 12.7. The fourth-order valence-corrected chi connectivity index (χ4v) is 22.8. The van der Waals surface area contributed by atoms with E-state index in [4.69, 9.17) is 15.0 Å². The fraction of sp³-hybridized carbons (Fsp3) is 0.176. The molecule has 21 rings (SSSR count). The van der Waals surface area contributed by atoms with E-state index in [9.17, 15) is 0 Å². The van der Waals surface area contributed by atoms with Crippen molar-refractivity contribution in [1.29, 1.82) is 0 Å². The van der Waals surface area contributed by atoms with Gasteiger partial charge in [0.25, 0.3) is 0 Å². The van der Waals surface area contributed by atoms with Gasteiger partial charge in [-0.1, -0.05) is 201 Å². The Morgan fingerprint density at radius 2 is 0.650 bits per heavy atom. The smallest absolute Gasteiger partial charge is 0.0794 e. The second-order valence-corrected chi connectivity index (χ2v) is 51.0. The molecule has 0 saturated heterocycles. The zero-order chi connectivity index (χ0) is 78.3. The maximum Gasteiger partial charge on any atom is 0.0794 e. The molecule has 117 heavy (non-hydrogen) atoms. The monoisotopic (exact) mass is 2160 g/mol. The summed E-state index contributed by atoms with van der Waals surface area (Å²) >= 11 is 5.68. The number of hydrogen-bond donors (Lipinski definition) is 0. The fourth-order valence-electron chi connectivity index (χ4n) is 14.2. The van der Waals surface area contributed by atoms with Gasteiger partial charge in [-0.15, -0.1) is 179 Å². The van der Waals surface area contributed by atoms with E-state index in [1.165, 1.54) is 126 Å². The normalized spacial score (nSPS) is 13.0. The molecule has 18 aromatic rings. The van der Waals surface area contributed by atoms with Crippen LogP contribution in [0.3, 0.4) is 0 Å². The molecule has 0 unspecified atom stereocenters. The zero-order valence-electron chi connectivity index (χ0n) is 67.1. The largest absolute Gasteiger partial charge is 0.305 e. The van der Waals surface area contributed by atoms with Crippen LogP contribution in [-0.2, 0) is 60.3 Å². The Morgan fingerprint density at radius 1 is 0.274 bits per heavy atom. The van der Waals surface area contributed by atoms with Gasteiger partial charge in [-0.2, -0.15) is 34.0 Å². The summed E-state index contributed by atoms with van der Waals surface area (Å²) in [7, 11) is -4.00. The Hall–Kier alpha value is -8.86. The predicted molar refractivity (Wildman–Crippen MR) is 495 cm³/mol. The molecule has 6 nitrogen and oxygen atoms in total. The van der Waals surface area contributed by atoms with Gasteiger partial charge in [-0.3, -0.25) is 0 Å². The summed E-state index contributed by atoms with van der Waals surface area (Å²) in [6.45, 7) is 21.7. The van der Waals surface area contributed by atoms with E-state index in [-0.39, 0.29) is 60.3 Å². The van der Waals surface area contributed by atoms with E-state index in [1.807, 2.05) is 167 Å². The van der Waals surface area contributed by atoms with E-state index in [0.717, 1.165) is 85.3 Å². The molecule has 3 aliphatic carbocycles. The van der Waals surface area contributed by atoms with Gasteiger partial charge in [0.05, 0.1) is 24.2 Å². The van der Waals surface area contributed by atoms with Crippen molar-refractivity contribution >= 4 is 134 Å². The van der Waals surface area contributed by atoms with Crippen LogP contribution in [0.25, 0.3) is 128 Å². The molecule has 3 radical (unpaired) electrons. The van der Waals surface area contributed by atoms with Gasteiger partial charge in [0.15, 0.2) is 0 Å². The quantitative estimate of drug-likeness (QED) is 0.0896. The van der Waals surface area contributed by atoms with Crippen LogP contribution in [0.2, 0.25) is 58.9 Å². The maximum absolute atomic E-state index is 4.79. The van der Waals surface area contributed by atoms with Crippen molar-refractivity contribution in [3.05, 3.63) is 345 Å². The van der Waals surface area contributed by atoms with Crippen LogP contribution in [-0.4, -0.2) is 54.1 Å². The van der Waals surface area contributed by atoms with Crippen LogP contribution in [0, 0.1) is 36.4 Å². The number of hydrogen-bond acceptors (Lipinski definition) is 9. The Balaban J connectivity index is 0.000000125. The first-order chi connectivity index (χ1) is 55.4. The molecule has 0 spiro atoms. The molecule has 15 heteroatoms. The minimum Gasteiger partial charge on any atom is -0.305 e. The number of thiophene rings is 3. The van der Waals surface area contributed by atoms with Gasteiger partial charge >= 0.3 is 0 Å². The summed E-state index contributed by atoms with van der Waals surface area (Å²) < 4.78 is 8.13. The number of rotatable bonds is 12. The summed E-state index contributed by atoms with van der Waals surface area (Å²) in [5.74, 6) is 2.25. The minimum atomic E-state index is -1.39. The summed E-state index contributed by atoms with van der Waals surface area (Å²) in [5.41, 5.74) is 16.7. The van der Waals surface area contributed by atoms with Crippen LogP contribution in [0.15, 0.2) is 292 Å². The maximum atomic E-state index is 4.79. The molecule has 591 valence electrons. The molecule has 0 N–H and O–H groups in total. The third-order valence-corrected chi connectivity index (χ3v) is 31.0. The van der Waals surface area contributed by atoms with E-state index in [1.54, 1.807) is 23.8 Å². The second-order valence-electron chi connectivity index (χ2n) is 32.7. The average Bonchev–Trinajstić information content (AvgIpc) is 1.61. The van der Waals surface area contributed by atoms with Gasteiger partial charge in [-0.25, -0.2) is 0 Å². The van der Waals surface area contributed by atoms with Crippen LogP contribution in [0.5, 0.6) is 0 Å². The van der Waals surface area contributed by atoms with Gasteiger partial charge in [0.1, 0.15) is 0 Å². The van der Waals surface area contributed by atoms with Gasteiger partial charge in [0, 0.05) is 112 Å². The topological polar surface area (TPSA) is 77.3 Å². The van der Waals surface area contributed by atoms with Crippen LogP contribution in [0.1, 0.15) is 73.0 Å². The summed E-state index contributed by atoms with van der Waals surface area (Å²) in [6, 6.07) is 108. The van der Waals surface area contributed by atoms with Gasteiger partial charge in [-0.05, 0) is 173 Å². The molecule has 0 amide bonds. The number of benzene rings is 9. The summed E-state index contributed by atoms with van der Waals surface area (Å²) in [4.78, 5) is 27.0. The third-order valence-electron chi connectivity index (χ3n) is 21.1. The molecule has 0 atom stereocenters. The molecule has 3 aliphatic rings. The van der Waals surface area contributed by atoms with Crippen molar-refractivity contribution in [3.8, 4) is 67.5 Å². The second kappa shape index (κ2) is 38.5. The molecule has 9 aromatic heterocycles. The summed E-state index contributed by atoms with van der Waals surface area (Å²) in [6.07, 6.45) is 19.5. The molecule has 0 bridgehead atoms. The molecule has 3 saturated carbocycles. The minimum absolute atomic E-state index is 0. The van der Waals surface area contributed by atoms with Crippen molar-refractivity contribution in [2.75, 3.05) is 0 Å². The molecular formula is C102H90Ir3N6S3Si3-6. The van der Waals surface area contributed by atoms with Crippen LogP contribution < -0.4 is 15.6 Å². The van der Waals surface area contributed by atoms with Crippen molar-refractivity contribution < 1.29 is 60.3 Å². The number of nitrogens with zero attached hydrogens (tertiary/aromatic N) is 6. The average molecular weight is 2160 g/mol. The van der Waals surface area contributed by atoms with E-state index in [2.05, 4.69) is 250 Å². The zero-order valence-corrected chi connectivity index (χ0v) is 79.7. The Morgan fingerprint density at radius 3 is 1.02 bits per heavy atom. The number of fused-ring (bicyclic) bond motifs is 9. The standard InChI is InChI=1S/3C23H22NSSi.3C11H8N.3Ir/c1-26(2,3)21-9-5-7-18-17-6-4-8-19(22(17)25-23(18)21)20-13-12-16(14-24-20)15-10-11-15;1-26(2,3)17-10-11-18-19-5-4-6-20(23(19)25-22(18)13-17)21-12-9-16(14-24-21)15-7-8-15;1-26(2,3)17-10-12-22-20(13-17)18-5-4-6-19(23(18)25-22)21-11-9-16(14-24-21)15-7-8-15;3*1-2-6-10(7-3-1)11-8-4-5-9-12-11;;;/h4-7,9,12-15H,10-11H2,1-3H3;2*4-5,9-15H,7-8H2,1-3H3;3*1-6,8-9H;;;/q6*-1;;;.